The van der Waals surface area contributed by atoms with Crippen molar-refractivity contribution >= 4 is 0 Å². The summed E-state index contributed by atoms with van der Waals surface area (Å²) in [5.74, 6) is 2.31. The first-order valence-corrected chi connectivity index (χ1v) is 6.20. The molecule has 3 rings (SSSR count). The van der Waals surface area contributed by atoms with Crippen LogP contribution in [-0.2, 0) is 6.42 Å². The zero-order chi connectivity index (χ0) is 13.2. The van der Waals surface area contributed by atoms with Gasteiger partial charge in [-0.1, -0.05) is 0 Å². The number of ether oxygens (including phenoxy) is 2. The van der Waals surface area contributed by atoms with Crippen LogP contribution in [-0.4, -0.2) is 23.3 Å². The molecule has 0 unspecified atom stereocenters. The summed E-state index contributed by atoms with van der Waals surface area (Å²) in [4.78, 5) is 8.74. The fourth-order valence-corrected chi connectivity index (χ4v) is 2.12. The Kier molecular flexibility index (Phi) is 3.05. The predicted molar refractivity (Wildman–Crippen MR) is 71.1 cm³/mol. The van der Waals surface area contributed by atoms with Crippen LogP contribution in [0, 0.1) is 6.92 Å². The van der Waals surface area contributed by atoms with Gasteiger partial charge in [-0.3, -0.25) is 0 Å². The molecule has 1 aromatic carbocycles. The Hall–Kier alpha value is -2.14. The molecule has 19 heavy (non-hydrogen) atoms. The van der Waals surface area contributed by atoms with E-state index >= 15 is 0 Å². The van der Waals surface area contributed by atoms with Gasteiger partial charge in [0.1, 0.15) is 5.82 Å². The van der Waals surface area contributed by atoms with E-state index in [1.54, 1.807) is 6.20 Å². The molecule has 5 heteroatoms. The van der Waals surface area contributed by atoms with E-state index in [0.717, 1.165) is 34.1 Å². The Bertz CT molecular complexity index is 614. The molecule has 1 aliphatic heterocycles. The summed E-state index contributed by atoms with van der Waals surface area (Å²) in [5, 5.41) is 0. The van der Waals surface area contributed by atoms with E-state index in [9.17, 15) is 0 Å². The normalized spacial score (nSPS) is 12.7. The maximum absolute atomic E-state index is 5.54. The number of aryl methyl sites for hydroxylation is 1. The number of rotatable bonds is 3. The highest BCUT2D eigenvalue weighted by molar-refractivity contribution is 5.68. The van der Waals surface area contributed by atoms with E-state index in [-0.39, 0.29) is 6.79 Å². The van der Waals surface area contributed by atoms with E-state index < -0.39 is 0 Å². The highest BCUT2D eigenvalue weighted by atomic mass is 16.7. The molecule has 0 saturated heterocycles. The maximum atomic E-state index is 5.54. The van der Waals surface area contributed by atoms with Gasteiger partial charge in [-0.25, -0.2) is 9.97 Å². The van der Waals surface area contributed by atoms with Crippen LogP contribution in [0.25, 0.3) is 11.3 Å². The minimum atomic E-state index is 0.278. The van der Waals surface area contributed by atoms with Gasteiger partial charge >= 0.3 is 0 Å². The average molecular weight is 257 g/mol. The topological polar surface area (TPSA) is 70.3 Å². The predicted octanol–water partition coefficient (Wildman–Crippen LogP) is 1.68. The van der Waals surface area contributed by atoms with Gasteiger partial charge in [0.05, 0.1) is 5.69 Å². The number of nitrogens with zero attached hydrogens (tertiary/aromatic N) is 2. The summed E-state index contributed by atoms with van der Waals surface area (Å²) in [6.45, 7) is 2.85. The van der Waals surface area contributed by atoms with Gasteiger partial charge in [-0.05, 0) is 37.2 Å². The van der Waals surface area contributed by atoms with Crippen molar-refractivity contribution in [1.82, 2.24) is 9.97 Å². The molecule has 1 aliphatic rings. The van der Waals surface area contributed by atoms with Crippen molar-refractivity contribution in [2.45, 2.75) is 13.3 Å². The molecule has 5 nitrogen and oxygen atoms in total. The summed E-state index contributed by atoms with van der Waals surface area (Å²) in [6.07, 6.45) is 2.44. The van der Waals surface area contributed by atoms with E-state index in [1.807, 2.05) is 25.1 Å². The third-order valence-corrected chi connectivity index (χ3v) is 3.07. The lowest BCUT2D eigenvalue weighted by Gasteiger charge is -2.08. The van der Waals surface area contributed by atoms with Crippen molar-refractivity contribution < 1.29 is 9.47 Å². The maximum Gasteiger partial charge on any atom is 0.231 e. The molecule has 0 amide bonds. The lowest BCUT2D eigenvalue weighted by molar-refractivity contribution is 0.174. The number of benzene rings is 1. The minimum Gasteiger partial charge on any atom is -0.454 e. The second-order valence-electron chi connectivity index (χ2n) is 4.42. The van der Waals surface area contributed by atoms with Crippen molar-refractivity contribution in [2.24, 2.45) is 5.73 Å². The molecule has 2 aromatic rings. The molecule has 0 aliphatic carbocycles. The first-order chi connectivity index (χ1) is 9.28. The lowest BCUT2D eigenvalue weighted by Crippen LogP contribution is -2.06. The number of nitrogens with two attached hydrogens (primary N) is 1. The van der Waals surface area contributed by atoms with Crippen molar-refractivity contribution in [3.63, 3.8) is 0 Å². The molecule has 0 radical (unpaired) electrons. The average Bonchev–Trinajstić information content (AvgIpc) is 2.85. The molecule has 0 bridgehead atoms. The van der Waals surface area contributed by atoms with Crippen LogP contribution in [0.5, 0.6) is 11.5 Å². The van der Waals surface area contributed by atoms with E-state index in [1.165, 1.54) is 0 Å². The van der Waals surface area contributed by atoms with Gasteiger partial charge in [0.25, 0.3) is 0 Å². The molecule has 2 heterocycles. The van der Waals surface area contributed by atoms with Crippen molar-refractivity contribution in [2.75, 3.05) is 13.3 Å². The van der Waals surface area contributed by atoms with E-state index in [0.29, 0.717) is 13.0 Å². The summed E-state index contributed by atoms with van der Waals surface area (Å²) < 4.78 is 10.8. The number of hydrogen-bond acceptors (Lipinski definition) is 5. The van der Waals surface area contributed by atoms with Crippen LogP contribution >= 0.6 is 0 Å². The standard InChI is InChI=1S/C14H15N3O2/c1-9-6-12-13(19-8-18-12)7-10(9)11-3-5-16-14(17-11)2-4-15/h3,5-7H,2,4,8,15H2,1H3. The first kappa shape index (κ1) is 11.9. The fraction of sp³-hybridized carbons (Fsp3) is 0.286. The molecule has 98 valence electrons. The Labute approximate surface area is 111 Å². The van der Waals surface area contributed by atoms with Gasteiger partial charge in [-0.15, -0.1) is 0 Å². The summed E-state index contributed by atoms with van der Waals surface area (Å²) in [7, 11) is 0. The second-order valence-corrected chi connectivity index (χ2v) is 4.42. The molecule has 1 aromatic heterocycles. The molecule has 0 spiro atoms. The Balaban J connectivity index is 2.04. The van der Waals surface area contributed by atoms with Crippen LogP contribution in [0.4, 0.5) is 0 Å². The van der Waals surface area contributed by atoms with Crippen LogP contribution in [0.15, 0.2) is 24.4 Å². The number of aromatic nitrogens is 2. The van der Waals surface area contributed by atoms with E-state index in [4.69, 9.17) is 15.2 Å². The third kappa shape index (κ3) is 2.24. The molecule has 0 saturated carbocycles. The number of hydrogen-bond donors (Lipinski definition) is 1. The van der Waals surface area contributed by atoms with Crippen LogP contribution in [0.2, 0.25) is 0 Å². The Morgan fingerprint density at radius 1 is 1.26 bits per heavy atom. The van der Waals surface area contributed by atoms with Crippen molar-refractivity contribution in [1.29, 1.82) is 0 Å². The molecule has 0 fully saturated rings. The highest BCUT2D eigenvalue weighted by Crippen LogP contribution is 2.37. The number of fused-ring (bicyclic) bond motifs is 1. The first-order valence-electron chi connectivity index (χ1n) is 6.20. The van der Waals surface area contributed by atoms with Gasteiger partial charge < -0.3 is 15.2 Å². The summed E-state index contributed by atoms with van der Waals surface area (Å²) in [6, 6.07) is 5.83. The van der Waals surface area contributed by atoms with Crippen LogP contribution in [0.1, 0.15) is 11.4 Å². The zero-order valence-corrected chi connectivity index (χ0v) is 10.7. The third-order valence-electron chi connectivity index (χ3n) is 3.07. The van der Waals surface area contributed by atoms with Crippen LogP contribution in [0.3, 0.4) is 0 Å². The fourth-order valence-electron chi connectivity index (χ4n) is 2.12. The van der Waals surface area contributed by atoms with Crippen LogP contribution < -0.4 is 15.2 Å². The molecule has 2 N–H and O–H groups in total. The molecular weight excluding hydrogens is 242 g/mol. The smallest absolute Gasteiger partial charge is 0.231 e. The minimum absolute atomic E-state index is 0.278. The Morgan fingerprint density at radius 2 is 2.05 bits per heavy atom. The monoisotopic (exact) mass is 257 g/mol. The summed E-state index contributed by atoms with van der Waals surface area (Å²) >= 11 is 0. The van der Waals surface area contributed by atoms with Gasteiger partial charge in [0.15, 0.2) is 11.5 Å². The SMILES string of the molecule is Cc1cc2c(cc1-c1ccnc(CCN)n1)OCO2. The second kappa shape index (κ2) is 4.85. The van der Waals surface area contributed by atoms with Crippen molar-refractivity contribution in [3.8, 4) is 22.8 Å². The Morgan fingerprint density at radius 3 is 2.84 bits per heavy atom. The highest BCUT2D eigenvalue weighted by Gasteiger charge is 2.17. The molecule has 0 atom stereocenters. The van der Waals surface area contributed by atoms with Crippen molar-refractivity contribution in [3.05, 3.63) is 35.8 Å². The zero-order valence-electron chi connectivity index (χ0n) is 10.7. The van der Waals surface area contributed by atoms with Gasteiger partial charge in [-0.2, -0.15) is 0 Å². The summed E-state index contributed by atoms with van der Waals surface area (Å²) in [5.41, 5.74) is 8.55. The van der Waals surface area contributed by atoms with E-state index in [2.05, 4.69) is 9.97 Å². The largest absolute Gasteiger partial charge is 0.454 e. The quantitative estimate of drug-likeness (QED) is 0.906. The lowest BCUT2D eigenvalue weighted by atomic mass is 10.0. The van der Waals surface area contributed by atoms with Gasteiger partial charge in [0, 0.05) is 18.2 Å². The van der Waals surface area contributed by atoms with Gasteiger partial charge in [0.2, 0.25) is 6.79 Å². The molecular formula is C14H15N3O2.